The van der Waals surface area contributed by atoms with Crippen molar-refractivity contribution in [2.24, 2.45) is 0 Å². The number of hydrogen-bond acceptors (Lipinski definition) is 3. The van der Waals surface area contributed by atoms with E-state index in [4.69, 9.17) is 0 Å². The van der Waals surface area contributed by atoms with Crippen molar-refractivity contribution in [3.8, 4) is 11.1 Å². The Morgan fingerprint density at radius 2 is 1.96 bits per heavy atom. The average Bonchev–Trinajstić information content (AvgIpc) is 3.14. The van der Waals surface area contributed by atoms with E-state index in [0.717, 1.165) is 18.7 Å². The third-order valence-corrected chi connectivity index (χ3v) is 5.50. The molecule has 0 saturated heterocycles. The minimum atomic E-state index is 0.0569. The molecule has 26 heavy (non-hydrogen) atoms. The zero-order valence-electron chi connectivity index (χ0n) is 14.8. The Morgan fingerprint density at radius 1 is 1.12 bits per heavy atom. The van der Waals surface area contributed by atoms with E-state index >= 15 is 0 Å². The van der Waals surface area contributed by atoms with Crippen molar-refractivity contribution < 1.29 is 4.79 Å². The number of anilines is 1. The number of nitrogens with one attached hydrogen (secondary N) is 1. The largest absolute Gasteiger partial charge is 0.325 e. The highest BCUT2D eigenvalue weighted by Crippen LogP contribution is 2.38. The van der Waals surface area contributed by atoms with Gasteiger partial charge in [-0.3, -0.25) is 9.69 Å². The molecule has 2 aromatic carbocycles. The molecule has 0 fully saturated rings. The predicted molar refractivity (Wildman–Crippen MR) is 109 cm³/mol. The first-order valence-electron chi connectivity index (χ1n) is 9.01. The number of benzene rings is 2. The van der Waals surface area contributed by atoms with Gasteiger partial charge in [0.2, 0.25) is 5.91 Å². The Hall–Kier alpha value is -2.43. The molecule has 4 rings (SSSR count). The fourth-order valence-corrected chi connectivity index (χ4v) is 4.36. The van der Waals surface area contributed by atoms with E-state index in [9.17, 15) is 4.79 Å². The quantitative estimate of drug-likeness (QED) is 0.694. The summed E-state index contributed by atoms with van der Waals surface area (Å²) in [6.45, 7) is 3.46. The van der Waals surface area contributed by atoms with Crippen molar-refractivity contribution >= 4 is 22.9 Å². The first kappa shape index (κ1) is 17.0. The molecule has 1 amide bonds. The van der Waals surface area contributed by atoms with E-state index in [2.05, 4.69) is 70.4 Å². The van der Waals surface area contributed by atoms with Crippen LogP contribution in [0.2, 0.25) is 0 Å². The van der Waals surface area contributed by atoms with Crippen LogP contribution in [0.15, 0.2) is 65.4 Å². The maximum Gasteiger partial charge on any atom is 0.238 e. The van der Waals surface area contributed by atoms with Gasteiger partial charge in [-0.1, -0.05) is 43.3 Å². The topological polar surface area (TPSA) is 32.3 Å². The average molecular weight is 362 g/mol. The van der Waals surface area contributed by atoms with Gasteiger partial charge in [0.05, 0.1) is 12.6 Å². The summed E-state index contributed by atoms with van der Waals surface area (Å²) in [7, 11) is 0. The maximum absolute atomic E-state index is 12.5. The van der Waals surface area contributed by atoms with E-state index < -0.39 is 0 Å². The lowest BCUT2D eigenvalue weighted by Gasteiger charge is -2.30. The molecule has 0 bridgehead atoms. The van der Waals surface area contributed by atoms with Crippen LogP contribution < -0.4 is 5.32 Å². The zero-order valence-corrected chi connectivity index (χ0v) is 15.6. The molecular weight excluding hydrogens is 340 g/mol. The van der Waals surface area contributed by atoms with Gasteiger partial charge in [0.15, 0.2) is 0 Å². The zero-order chi connectivity index (χ0) is 17.9. The molecular formula is C22H22N2OS. The number of amides is 1. The maximum atomic E-state index is 12.5. The van der Waals surface area contributed by atoms with Gasteiger partial charge in [-0.2, -0.15) is 11.3 Å². The summed E-state index contributed by atoms with van der Waals surface area (Å²) in [6, 6.07) is 19.1. The van der Waals surface area contributed by atoms with Crippen molar-refractivity contribution in [3.05, 3.63) is 76.5 Å². The summed E-state index contributed by atoms with van der Waals surface area (Å²) in [5.41, 5.74) is 5.72. The van der Waals surface area contributed by atoms with E-state index in [0.29, 0.717) is 6.54 Å². The van der Waals surface area contributed by atoms with Crippen molar-refractivity contribution in [1.82, 2.24) is 4.90 Å². The highest BCUT2D eigenvalue weighted by Gasteiger charge is 2.29. The Labute approximate surface area is 158 Å². The van der Waals surface area contributed by atoms with E-state index in [1.54, 1.807) is 11.3 Å². The SMILES string of the molecule is CCCN1CC(=O)Nc2ccc(-c3ccsc3)cc2C1c1ccccc1. The van der Waals surface area contributed by atoms with Crippen molar-refractivity contribution in [2.75, 3.05) is 18.4 Å². The Morgan fingerprint density at radius 3 is 2.69 bits per heavy atom. The fourth-order valence-electron chi connectivity index (χ4n) is 3.69. The Balaban J connectivity index is 1.88. The van der Waals surface area contributed by atoms with Gasteiger partial charge in [0, 0.05) is 5.69 Å². The molecule has 1 aromatic heterocycles. The van der Waals surface area contributed by atoms with Crippen LogP contribution in [0.1, 0.15) is 30.5 Å². The molecule has 1 unspecified atom stereocenters. The van der Waals surface area contributed by atoms with Crippen LogP contribution >= 0.6 is 11.3 Å². The van der Waals surface area contributed by atoms with Crippen LogP contribution in [0.5, 0.6) is 0 Å². The van der Waals surface area contributed by atoms with E-state index in [-0.39, 0.29) is 11.9 Å². The van der Waals surface area contributed by atoms with Crippen LogP contribution in [-0.4, -0.2) is 23.9 Å². The summed E-state index contributed by atoms with van der Waals surface area (Å²) in [5, 5.41) is 7.37. The van der Waals surface area contributed by atoms with Gasteiger partial charge in [-0.25, -0.2) is 0 Å². The lowest BCUT2D eigenvalue weighted by atomic mass is 9.93. The monoisotopic (exact) mass is 362 g/mol. The predicted octanol–water partition coefficient (Wildman–Crippen LogP) is 5.17. The van der Waals surface area contributed by atoms with Crippen LogP contribution in [0.3, 0.4) is 0 Å². The Kier molecular flexibility index (Phi) is 4.87. The second-order valence-corrected chi connectivity index (χ2v) is 7.43. The van der Waals surface area contributed by atoms with Gasteiger partial charge < -0.3 is 5.32 Å². The number of carbonyl (C=O) groups is 1. The number of rotatable bonds is 4. The van der Waals surface area contributed by atoms with Crippen molar-refractivity contribution in [1.29, 1.82) is 0 Å². The Bertz CT molecular complexity index is 890. The highest BCUT2D eigenvalue weighted by molar-refractivity contribution is 7.08. The number of hydrogen-bond donors (Lipinski definition) is 1. The molecule has 4 heteroatoms. The molecule has 2 heterocycles. The lowest BCUT2D eigenvalue weighted by molar-refractivity contribution is -0.117. The van der Waals surface area contributed by atoms with Crippen LogP contribution in [0.4, 0.5) is 5.69 Å². The molecule has 3 aromatic rings. The van der Waals surface area contributed by atoms with Crippen molar-refractivity contribution in [2.45, 2.75) is 19.4 Å². The molecule has 1 N–H and O–H groups in total. The van der Waals surface area contributed by atoms with Gasteiger partial charge in [-0.15, -0.1) is 0 Å². The molecule has 1 aliphatic rings. The first-order chi connectivity index (χ1) is 12.8. The van der Waals surface area contributed by atoms with Crippen LogP contribution in [-0.2, 0) is 4.79 Å². The molecule has 132 valence electrons. The molecule has 0 aliphatic carbocycles. The number of thiophene rings is 1. The van der Waals surface area contributed by atoms with E-state index in [1.165, 1.54) is 22.3 Å². The summed E-state index contributed by atoms with van der Waals surface area (Å²) in [4.78, 5) is 14.8. The first-order valence-corrected chi connectivity index (χ1v) is 9.96. The number of carbonyl (C=O) groups excluding carboxylic acids is 1. The van der Waals surface area contributed by atoms with Gasteiger partial charge in [0.25, 0.3) is 0 Å². The van der Waals surface area contributed by atoms with Crippen LogP contribution in [0, 0.1) is 0 Å². The summed E-state index contributed by atoms with van der Waals surface area (Å²) >= 11 is 1.70. The minimum Gasteiger partial charge on any atom is -0.325 e. The molecule has 1 atom stereocenters. The van der Waals surface area contributed by atoms with Gasteiger partial charge in [0.1, 0.15) is 0 Å². The molecule has 0 saturated carbocycles. The van der Waals surface area contributed by atoms with Crippen molar-refractivity contribution in [3.63, 3.8) is 0 Å². The second kappa shape index (κ2) is 7.44. The van der Waals surface area contributed by atoms with Gasteiger partial charge >= 0.3 is 0 Å². The minimum absolute atomic E-state index is 0.0569. The normalized spacial score (nSPS) is 17.4. The third-order valence-electron chi connectivity index (χ3n) is 4.81. The standard InChI is InChI=1S/C22H22N2OS/c1-2-11-24-14-21(25)23-20-9-8-17(18-10-12-26-15-18)13-19(20)22(24)16-6-4-3-5-7-16/h3-10,12-13,15,22H,2,11,14H2,1H3,(H,23,25). The summed E-state index contributed by atoms with van der Waals surface area (Å²) in [6.07, 6.45) is 1.01. The van der Waals surface area contributed by atoms with E-state index in [1.807, 2.05) is 12.1 Å². The molecule has 3 nitrogen and oxygen atoms in total. The fraction of sp³-hybridized carbons (Fsp3) is 0.227. The molecule has 1 aliphatic heterocycles. The van der Waals surface area contributed by atoms with Crippen LogP contribution in [0.25, 0.3) is 11.1 Å². The third kappa shape index (κ3) is 3.30. The summed E-state index contributed by atoms with van der Waals surface area (Å²) in [5.74, 6) is 0.0569. The van der Waals surface area contributed by atoms with Gasteiger partial charge in [-0.05, 0) is 64.2 Å². The highest BCUT2D eigenvalue weighted by atomic mass is 32.1. The number of nitrogens with zero attached hydrogens (tertiary/aromatic N) is 1. The summed E-state index contributed by atoms with van der Waals surface area (Å²) < 4.78 is 0. The molecule has 0 radical (unpaired) electrons. The molecule has 0 spiro atoms. The smallest absolute Gasteiger partial charge is 0.238 e. The lowest BCUT2D eigenvalue weighted by Crippen LogP contribution is -2.34. The second-order valence-electron chi connectivity index (χ2n) is 6.65. The number of fused-ring (bicyclic) bond motifs is 1.